The van der Waals surface area contributed by atoms with Gasteiger partial charge in [0.2, 0.25) is 5.91 Å². The first-order chi connectivity index (χ1) is 7.95. The summed E-state index contributed by atoms with van der Waals surface area (Å²) in [6, 6.07) is 6.92. The van der Waals surface area contributed by atoms with Crippen LogP contribution in [0.15, 0.2) is 33.7 Å². The van der Waals surface area contributed by atoms with Gasteiger partial charge in [-0.05, 0) is 34.5 Å². The molecule has 0 radical (unpaired) electrons. The summed E-state index contributed by atoms with van der Waals surface area (Å²) in [4.78, 5) is 13.5. The van der Waals surface area contributed by atoms with Crippen molar-refractivity contribution in [1.82, 2.24) is 0 Å². The van der Waals surface area contributed by atoms with Gasteiger partial charge in [-0.15, -0.1) is 0 Å². The molecule has 17 heavy (non-hydrogen) atoms. The van der Waals surface area contributed by atoms with Crippen molar-refractivity contribution in [3.05, 3.63) is 24.3 Å². The Morgan fingerprint density at radius 1 is 1.41 bits per heavy atom. The molecule has 0 unspecified atom stereocenters. The van der Waals surface area contributed by atoms with Crippen LogP contribution in [-0.4, -0.2) is 25.1 Å². The van der Waals surface area contributed by atoms with Gasteiger partial charge in [0.05, 0.1) is 4.90 Å². The van der Waals surface area contributed by atoms with Crippen molar-refractivity contribution in [3.63, 3.8) is 0 Å². The summed E-state index contributed by atoms with van der Waals surface area (Å²) in [5.74, 6) is -0.251. The van der Waals surface area contributed by atoms with Gasteiger partial charge in [-0.25, -0.2) is 0 Å². The zero-order valence-electron chi connectivity index (χ0n) is 8.84. The van der Waals surface area contributed by atoms with Gasteiger partial charge in [0.25, 0.3) is 0 Å². The minimum absolute atomic E-state index is 0.0781. The number of rotatable bonds is 3. The highest BCUT2D eigenvalue weighted by Gasteiger charge is 2.15. The molecule has 1 rings (SSSR count). The minimum atomic E-state index is -3.90. The van der Waals surface area contributed by atoms with E-state index in [9.17, 15) is 13.2 Å². The second-order valence-electron chi connectivity index (χ2n) is 2.97. The van der Waals surface area contributed by atoms with Crippen molar-refractivity contribution in [2.75, 3.05) is 5.32 Å². The van der Waals surface area contributed by atoms with E-state index < -0.39 is 10.0 Å². The molecule has 0 saturated carbocycles. The largest absolute Gasteiger partial charge is 0.454 e. The molecule has 0 spiro atoms. The van der Waals surface area contributed by atoms with Crippen molar-refractivity contribution < 1.29 is 18.0 Å². The third-order valence-corrected chi connectivity index (χ3v) is 2.84. The topological polar surface area (TPSA) is 114 Å². The Morgan fingerprint density at radius 3 is 2.47 bits per heavy atom. The van der Waals surface area contributed by atoms with Crippen LogP contribution in [0.4, 0.5) is 5.69 Å². The molecule has 7 nitrogen and oxygen atoms in total. The van der Waals surface area contributed by atoms with E-state index in [2.05, 4.69) is 14.6 Å². The summed E-state index contributed by atoms with van der Waals surface area (Å²) >= 11 is 0. The highest BCUT2D eigenvalue weighted by Crippen LogP contribution is 2.15. The predicted octanol–water partition coefficient (Wildman–Crippen LogP) is 0.747. The molecule has 1 aromatic rings. The van der Waals surface area contributed by atoms with E-state index in [0.29, 0.717) is 5.69 Å². The number of hydrogen-bond acceptors (Lipinski definition) is 4. The Morgan fingerprint density at radius 2 is 2.00 bits per heavy atom. The normalized spacial score (nSPS) is 9.94. The lowest BCUT2D eigenvalue weighted by molar-refractivity contribution is -0.114. The highest BCUT2D eigenvalue weighted by molar-refractivity contribution is 7.89. The zero-order chi connectivity index (χ0) is 12.9. The molecule has 2 N–H and O–H groups in total. The van der Waals surface area contributed by atoms with E-state index in [0.717, 1.165) is 0 Å². The summed E-state index contributed by atoms with van der Waals surface area (Å²) in [6.07, 6.45) is 0. The standard InChI is InChI=1S/C9H8N4O3S/c1-7(14)12-8-2-4-9(5-3-8)17(15,16)13-11-6-10/h2-5,10H,1H3/p+1. The molecule has 0 aromatic heterocycles. The first kappa shape index (κ1) is 12.8. The van der Waals surface area contributed by atoms with Gasteiger partial charge in [-0.3, -0.25) is 4.79 Å². The molecular formula is C9H9N4O3S+. The fraction of sp³-hybridized carbons (Fsp3) is 0.111. The number of nitrogens with zero attached hydrogens (tertiary/aromatic N) is 2. The van der Waals surface area contributed by atoms with Crippen LogP contribution in [-0.2, 0) is 14.8 Å². The summed E-state index contributed by atoms with van der Waals surface area (Å²) in [6.45, 7) is 1.35. The summed E-state index contributed by atoms with van der Waals surface area (Å²) in [7, 11) is -3.90. The van der Waals surface area contributed by atoms with Crippen molar-refractivity contribution in [1.29, 1.82) is 5.41 Å². The highest BCUT2D eigenvalue weighted by atomic mass is 32.2. The van der Waals surface area contributed by atoms with Gasteiger partial charge in [0.1, 0.15) is 4.52 Å². The average Bonchev–Trinajstić information content (AvgIpc) is 2.26. The third-order valence-electron chi connectivity index (χ3n) is 1.67. The molecular weight excluding hydrogens is 244 g/mol. The van der Waals surface area contributed by atoms with Crippen LogP contribution in [0, 0.1) is 5.41 Å². The molecule has 1 aromatic carbocycles. The molecule has 0 atom stereocenters. The van der Waals surface area contributed by atoms with Crippen LogP contribution in [0.1, 0.15) is 6.92 Å². The molecule has 88 valence electrons. The van der Waals surface area contributed by atoms with E-state index >= 15 is 0 Å². The Bertz CT molecular complexity index is 608. The monoisotopic (exact) mass is 253 g/mol. The van der Waals surface area contributed by atoms with Crippen LogP contribution >= 0.6 is 0 Å². The van der Waals surface area contributed by atoms with Crippen LogP contribution in [0.3, 0.4) is 0 Å². The van der Waals surface area contributed by atoms with Gasteiger partial charge < -0.3 is 5.32 Å². The smallest absolute Gasteiger partial charge is 0.326 e. The Kier molecular flexibility index (Phi) is 3.90. The predicted molar refractivity (Wildman–Crippen MR) is 58.3 cm³/mol. The van der Waals surface area contributed by atoms with Crippen molar-refractivity contribution in [2.24, 2.45) is 4.52 Å². The van der Waals surface area contributed by atoms with E-state index in [1.54, 1.807) is 0 Å². The molecule has 1 amide bonds. The lowest BCUT2D eigenvalue weighted by atomic mass is 10.3. The van der Waals surface area contributed by atoms with Gasteiger partial charge >= 0.3 is 16.0 Å². The quantitative estimate of drug-likeness (QED) is 0.470. The van der Waals surface area contributed by atoms with E-state index in [1.165, 1.54) is 37.2 Å². The molecule has 0 aliphatic carbocycles. The number of anilines is 1. The van der Waals surface area contributed by atoms with E-state index in [4.69, 9.17) is 5.41 Å². The number of sulfonamides is 1. The zero-order valence-corrected chi connectivity index (χ0v) is 9.65. The fourth-order valence-electron chi connectivity index (χ4n) is 1.03. The number of carbonyl (C=O) groups is 1. The molecule has 0 saturated heterocycles. The summed E-state index contributed by atoms with van der Waals surface area (Å²) < 4.78 is 25.9. The minimum Gasteiger partial charge on any atom is -0.326 e. The van der Waals surface area contributed by atoms with E-state index in [1.807, 2.05) is 0 Å². The first-order valence-electron chi connectivity index (χ1n) is 4.42. The fourth-order valence-corrected chi connectivity index (χ4v) is 1.76. The molecule has 0 aliphatic rings. The van der Waals surface area contributed by atoms with Gasteiger partial charge in [0.15, 0.2) is 0 Å². The second-order valence-corrected chi connectivity index (χ2v) is 4.56. The number of carbonyl (C=O) groups excluding carboxylic acids is 1. The van der Waals surface area contributed by atoms with Crippen LogP contribution in [0.2, 0.25) is 0 Å². The maximum atomic E-state index is 11.5. The Labute approximate surface area is 97.5 Å². The number of nitrogens with one attached hydrogen (secondary N) is 2. The average molecular weight is 253 g/mol. The molecule has 0 aliphatic heterocycles. The van der Waals surface area contributed by atoms with Crippen LogP contribution in [0.5, 0.6) is 0 Å². The Balaban J connectivity index is 3.07. The lowest BCUT2D eigenvalue weighted by Crippen LogP contribution is -2.05. The van der Waals surface area contributed by atoms with Crippen molar-refractivity contribution in [3.8, 4) is 0 Å². The van der Waals surface area contributed by atoms with Crippen molar-refractivity contribution >= 4 is 27.6 Å². The third kappa shape index (κ3) is 3.66. The Hall–Kier alpha value is -2.27. The summed E-state index contributed by atoms with van der Waals surface area (Å²) in [5.41, 5.74) is 0.479. The molecule has 0 fully saturated rings. The van der Waals surface area contributed by atoms with Gasteiger partial charge in [-0.1, -0.05) is 0 Å². The van der Waals surface area contributed by atoms with Crippen LogP contribution < -0.4 is 5.32 Å². The molecule has 0 heterocycles. The summed E-state index contributed by atoms with van der Waals surface area (Å²) in [5, 5.41) is 8.93. The van der Waals surface area contributed by atoms with Gasteiger partial charge in [-0.2, -0.15) is 8.42 Å². The molecule has 0 bridgehead atoms. The first-order valence-corrected chi connectivity index (χ1v) is 5.86. The second kappa shape index (κ2) is 5.18. The SMILES string of the molecule is CC(=O)Nc1ccc(S(=O)(=O)N=[N+]=C=N)cc1. The van der Waals surface area contributed by atoms with Crippen molar-refractivity contribution in [2.45, 2.75) is 11.8 Å². The van der Waals surface area contributed by atoms with Crippen LogP contribution in [0.25, 0.3) is 0 Å². The molecule has 8 heteroatoms. The number of benzene rings is 1. The lowest BCUT2D eigenvalue weighted by Gasteiger charge is -2.01. The maximum absolute atomic E-state index is 11.5. The van der Waals surface area contributed by atoms with Gasteiger partial charge in [0, 0.05) is 12.6 Å². The number of amides is 1. The number of hydrogen-bond donors (Lipinski definition) is 2. The van der Waals surface area contributed by atoms with E-state index in [-0.39, 0.29) is 10.8 Å². The maximum Gasteiger partial charge on any atom is 0.454 e.